The number of benzene rings is 2. The van der Waals surface area contributed by atoms with Gasteiger partial charge in [-0.3, -0.25) is 9.69 Å². The summed E-state index contributed by atoms with van der Waals surface area (Å²) in [7, 11) is 0. The third-order valence-corrected chi connectivity index (χ3v) is 5.09. The van der Waals surface area contributed by atoms with Crippen LogP contribution < -0.4 is 0 Å². The van der Waals surface area contributed by atoms with E-state index in [1.54, 1.807) is 0 Å². The van der Waals surface area contributed by atoms with E-state index < -0.39 is 0 Å². The molecule has 1 aliphatic rings. The Hall–Kier alpha value is -2.13. The Morgan fingerprint density at radius 3 is 1.96 bits per heavy atom. The molecule has 1 amide bonds. The van der Waals surface area contributed by atoms with E-state index in [9.17, 15) is 4.79 Å². The van der Waals surface area contributed by atoms with Crippen molar-refractivity contribution in [1.29, 1.82) is 0 Å². The lowest BCUT2D eigenvalue weighted by molar-refractivity contribution is -0.132. The molecule has 0 aromatic heterocycles. The lowest BCUT2D eigenvalue weighted by atomic mass is 10.1. The minimum absolute atomic E-state index is 0.311. The van der Waals surface area contributed by atoms with Gasteiger partial charge in [-0.1, -0.05) is 67.1 Å². The van der Waals surface area contributed by atoms with Crippen LogP contribution in [0.25, 0.3) is 0 Å². The SMILES string of the molecule is O=C1CCCCCN(Cc2ccccc2)CCCN1Cc1ccccc1. The van der Waals surface area contributed by atoms with Gasteiger partial charge in [0.25, 0.3) is 0 Å². The first-order chi connectivity index (χ1) is 12.8. The molecule has 0 aliphatic carbocycles. The standard InChI is InChI=1S/C23H30N2O/c26-23-15-8-3-9-16-24(19-21-11-4-1-5-12-21)17-10-18-25(23)20-22-13-6-2-7-14-22/h1-2,4-7,11-14H,3,8-10,15-20H2. The predicted molar refractivity (Wildman–Crippen MR) is 107 cm³/mol. The highest BCUT2D eigenvalue weighted by Crippen LogP contribution is 2.14. The normalized spacial score (nSPS) is 17.7. The fourth-order valence-electron chi connectivity index (χ4n) is 3.64. The summed E-state index contributed by atoms with van der Waals surface area (Å²) in [6.45, 7) is 4.76. The number of nitrogens with zero attached hydrogens (tertiary/aromatic N) is 2. The molecule has 2 aromatic rings. The van der Waals surface area contributed by atoms with Crippen LogP contribution in [0.5, 0.6) is 0 Å². The number of hydrogen-bond donors (Lipinski definition) is 0. The maximum Gasteiger partial charge on any atom is 0.222 e. The van der Waals surface area contributed by atoms with E-state index in [1.165, 1.54) is 17.5 Å². The average Bonchev–Trinajstić information content (AvgIpc) is 2.71. The second kappa shape index (κ2) is 10.1. The van der Waals surface area contributed by atoms with Crippen LogP contribution in [0, 0.1) is 0 Å². The molecule has 3 rings (SSSR count). The summed E-state index contributed by atoms with van der Waals surface area (Å²) in [5.41, 5.74) is 2.59. The highest BCUT2D eigenvalue weighted by molar-refractivity contribution is 5.76. The molecule has 26 heavy (non-hydrogen) atoms. The van der Waals surface area contributed by atoms with Crippen LogP contribution in [0.15, 0.2) is 60.7 Å². The molecule has 1 heterocycles. The number of hydrogen-bond acceptors (Lipinski definition) is 2. The molecule has 0 saturated carbocycles. The van der Waals surface area contributed by atoms with E-state index in [1.807, 2.05) is 18.2 Å². The average molecular weight is 351 g/mol. The highest BCUT2D eigenvalue weighted by Gasteiger charge is 2.16. The molecule has 0 spiro atoms. The summed E-state index contributed by atoms with van der Waals surface area (Å²) in [5.74, 6) is 0.311. The van der Waals surface area contributed by atoms with Gasteiger partial charge in [0.15, 0.2) is 0 Å². The van der Waals surface area contributed by atoms with Crippen LogP contribution in [0.2, 0.25) is 0 Å². The van der Waals surface area contributed by atoms with Gasteiger partial charge in [0, 0.05) is 32.6 Å². The Balaban J connectivity index is 1.60. The molecule has 0 N–H and O–H groups in total. The second-order valence-electron chi connectivity index (χ2n) is 7.23. The van der Waals surface area contributed by atoms with Crippen LogP contribution in [-0.4, -0.2) is 35.3 Å². The summed E-state index contributed by atoms with van der Waals surface area (Å²) >= 11 is 0. The number of carbonyl (C=O) groups excluding carboxylic acids is 1. The van der Waals surface area contributed by atoms with Crippen molar-refractivity contribution in [3.8, 4) is 0 Å². The van der Waals surface area contributed by atoms with Crippen LogP contribution in [0.1, 0.15) is 43.2 Å². The van der Waals surface area contributed by atoms with Crippen molar-refractivity contribution in [2.45, 2.75) is 45.2 Å². The van der Waals surface area contributed by atoms with Gasteiger partial charge in [-0.25, -0.2) is 0 Å². The molecular formula is C23H30N2O. The minimum atomic E-state index is 0.311. The van der Waals surface area contributed by atoms with Crippen molar-refractivity contribution in [3.63, 3.8) is 0 Å². The van der Waals surface area contributed by atoms with Gasteiger partial charge in [0.05, 0.1) is 0 Å². The summed E-state index contributed by atoms with van der Waals surface area (Å²) in [4.78, 5) is 17.2. The first-order valence-electron chi connectivity index (χ1n) is 9.89. The van der Waals surface area contributed by atoms with Gasteiger partial charge in [-0.15, -0.1) is 0 Å². The maximum absolute atomic E-state index is 12.6. The maximum atomic E-state index is 12.6. The lowest BCUT2D eigenvalue weighted by Gasteiger charge is -2.25. The Bertz CT molecular complexity index is 656. The summed E-state index contributed by atoms with van der Waals surface area (Å²) in [6.07, 6.45) is 5.04. The molecule has 1 fully saturated rings. The molecule has 3 heteroatoms. The Morgan fingerprint density at radius 2 is 1.27 bits per heavy atom. The monoisotopic (exact) mass is 350 g/mol. The van der Waals surface area contributed by atoms with Crippen LogP contribution in [0.3, 0.4) is 0 Å². The number of amides is 1. The molecule has 0 radical (unpaired) electrons. The van der Waals surface area contributed by atoms with E-state index >= 15 is 0 Å². The Morgan fingerprint density at radius 1 is 0.654 bits per heavy atom. The molecule has 3 nitrogen and oxygen atoms in total. The predicted octanol–water partition coefficient (Wildman–Crippen LogP) is 4.48. The molecule has 2 aromatic carbocycles. The van der Waals surface area contributed by atoms with E-state index in [2.05, 4.69) is 52.3 Å². The smallest absolute Gasteiger partial charge is 0.222 e. The summed E-state index contributed by atoms with van der Waals surface area (Å²) in [5, 5.41) is 0. The second-order valence-corrected chi connectivity index (χ2v) is 7.23. The first-order valence-corrected chi connectivity index (χ1v) is 9.89. The first kappa shape index (κ1) is 18.7. The van der Waals surface area contributed by atoms with Crippen molar-refractivity contribution >= 4 is 5.91 Å². The van der Waals surface area contributed by atoms with E-state index in [4.69, 9.17) is 0 Å². The van der Waals surface area contributed by atoms with Crippen LogP contribution in [-0.2, 0) is 17.9 Å². The van der Waals surface area contributed by atoms with Gasteiger partial charge in [0.1, 0.15) is 0 Å². The third kappa shape index (κ3) is 5.99. The quantitative estimate of drug-likeness (QED) is 0.811. The fourth-order valence-corrected chi connectivity index (χ4v) is 3.64. The molecule has 0 bridgehead atoms. The summed E-state index contributed by atoms with van der Waals surface area (Å²) in [6, 6.07) is 21.1. The van der Waals surface area contributed by atoms with Gasteiger partial charge in [-0.2, -0.15) is 0 Å². The number of rotatable bonds is 4. The van der Waals surface area contributed by atoms with Crippen LogP contribution >= 0.6 is 0 Å². The van der Waals surface area contributed by atoms with Crippen molar-refractivity contribution in [2.24, 2.45) is 0 Å². The van der Waals surface area contributed by atoms with Crippen molar-refractivity contribution < 1.29 is 4.79 Å². The van der Waals surface area contributed by atoms with E-state index in [0.717, 1.165) is 52.0 Å². The lowest BCUT2D eigenvalue weighted by Crippen LogP contribution is -2.33. The molecular weight excluding hydrogens is 320 g/mol. The molecule has 0 unspecified atom stereocenters. The zero-order valence-electron chi connectivity index (χ0n) is 15.6. The zero-order valence-corrected chi connectivity index (χ0v) is 15.6. The highest BCUT2D eigenvalue weighted by atomic mass is 16.2. The third-order valence-electron chi connectivity index (χ3n) is 5.09. The van der Waals surface area contributed by atoms with Crippen molar-refractivity contribution in [3.05, 3.63) is 71.8 Å². The van der Waals surface area contributed by atoms with Gasteiger partial charge in [0.2, 0.25) is 5.91 Å². The van der Waals surface area contributed by atoms with Gasteiger partial charge >= 0.3 is 0 Å². The largest absolute Gasteiger partial charge is 0.338 e. The van der Waals surface area contributed by atoms with E-state index in [-0.39, 0.29) is 0 Å². The Kier molecular flexibility index (Phi) is 7.26. The molecule has 0 atom stereocenters. The molecule has 138 valence electrons. The van der Waals surface area contributed by atoms with E-state index in [0.29, 0.717) is 12.3 Å². The van der Waals surface area contributed by atoms with Crippen molar-refractivity contribution in [2.75, 3.05) is 19.6 Å². The topological polar surface area (TPSA) is 23.6 Å². The molecule has 1 saturated heterocycles. The number of carbonyl (C=O) groups is 1. The molecule has 1 aliphatic heterocycles. The summed E-state index contributed by atoms with van der Waals surface area (Å²) < 4.78 is 0. The Labute approximate surface area is 157 Å². The minimum Gasteiger partial charge on any atom is -0.338 e. The van der Waals surface area contributed by atoms with Gasteiger partial charge in [-0.05, 0) is 36.9 Å². The van der Waals surface area contributed by atoms with Crippen LogP contribution in [0.4, 0.5) is 0 Å². The van der Waals surface area contributed by atoms with Gasteiger partial charge < -0.3 is 4.90 Å². The van der Waals surface area contributed by atoms with Crippen molar-refractivity contribution in [1.82, 2.24) is 9.80 Å². The fraction of sp³-hybridized carbons (Fsp3) is 0.435. The zero-order chi connectivity index (χ0) is 18.0.